The van der Waals surface area contributed by atoms with Gasteiger partial charge in [-0.3, -0.25) is 9.78 Å². The molecule has 1 amide bonds. The van der Waals surface area contributed by atoms with Crippen molar-refractivity contribution in [3.63, 3.8) is 0 Å². The number of aryl methyl sites for hydroxylation is 1. The third kappa shape index (κ3) is 4.51. The molecule has 2 aromatic carbocycles. The molecule has 4 aromatic rings. The Morgan fingerprint density at radius 1 is 1.16 bits per heavy atom. The Bertz CT molecular complexity index is 1240. The first-order valence-electron chi connectivity index (χ1n) is 10.1. The summed E-state index contributed by atoms with van der Waals surface area (Å²) in [5.74, 6) is 0.472. The van der Waals surface area contributed by atoms with E-state index < -0.39 is 0 Å². The van der Waals surface area contributed by atoms with E-state index in [0.717, 1.165) is 38.9 Å². The van der Waals surface area contributed by atoms with Crippen LogP contribution < -0.4 is 10.1 Å². The molecule has 2 aromatic heterocycles. The van der Waals surface area contributed by atoms with Gasteiger partial charge >= 0.3 is 0 Å². The number of aromatic nitrogens is 1. The van der Waals surface area contributed by atoms with Gasteiger partial charge in [0.05, 0.1) is 25.6 Å². The van der Waals surface area contributed by atoms with Gasteiger partial charge in [0.15, 0.2) is 0 Å². The fourth-order valence-electron chi connectivity index (χ4n) is 3.49. The molecule has 0 radical (unpaired) electrons. The summed E-state index contributed by atoms with van der Waals surface area (Å²) in [7, 11) is 1.61. The van der Waals surface area contributed by atoms with Gasteiger partial charge in [0.2, 0.25) is 5.91 Å². The van der Waals surface area contributed by atoms with Crippen LogP contribution in [0.2, 0.25) is 0 Å². The van der Waals surface area contributed by atoms with Gasteiger partial charge in [-0.05, 0) is 43.2 Å². The van der Waals surface area contributed by atoms with Crippen LogP contribution in [0, 0.1) is 6.92 Å². The summed E-state index contributed by atoms with van der Waals surface area (Å²) in [6.07, 6.45) is 5.05. The Kier molecular flexibility index (Phi) is 5.85. The highest BCUT2D eigenvalue weighted by Crippen LogP contribution is 2.37. The van der Waals surface area contributed by atoms with E-state index in [4.69, 9.17) is 9.15 Å². The van der Waals surface area contributed by atoms with Crippen molar-refractivity contribution in [2.75, 3.05) is 7.11 Å². The Balaban J connectivity index is 1.65. The molecule has 0 unspecified atom stereocenters. The molecule has 1 N–H and O–H groups in total. The minimum absolute atomic E-state index is 0.184. The summed E-state index contributed by atoms with van der Waals surface area (Å²) < 4.78 is 11.4. The summed E-state index contributed by atoms with van der Waals surface area (Å²) in [6.45, 7) is 4.34. The highest BCUT2D eigenvalue weighted by Gasteiger charge is 2.15. The molecule has 0 spiro atoms. The molecule has 31 heavy (non-hydrogen) atoms. The van der Waals surface area contributed by atoms with E-state index in [1.807, 2.05) is 37.3 Å². The molecule has 0 aliphatic rings. The van der Waals surface area contributed by atoms with Crippen molar-refractivity contribution in [1.29, 1.82) is 0 Å². The molecule has 156 valence electrons. The Morgan fingerprint density at radius 2 is 1.97 bits per heavy atom. The van der Waals surface area contributed by atoms with E-state index in [0.29, 0.717) is 12.3 Å². The molecule has 5 nitrogen and oxygen atoms in total. The van der Waals surface area contributed by atoms with Crippen molar-refractivity contribution in [2.24, 2.45) is 0 Å². The molecule has 2 heterocycles. The number of hydrogen-bond acceptors (Lipinski definition) is 4. The fraction of sp³-hybridized carbons (Fsp3) is 0.154. The number of ether oxygens (including phenoxy) is 1. The molecule has 0 aliphatic carbocycles. The maximum absolute atomic E-state index is 12.5. The second-order valence-corrected chi connectivity index (χ2v) is 7.43. The number of hydrogen-bond donors (Lipinski definition) is 1. The predicted molar refractivity (Wildman–Crippen MR) is 123 cm³/mol. The lowest BCUT2D eigenvalue weighted by atomic mass is 9.99. The summed E-state index contributed by atoms with van der Waals surface area (Å²) in [4.78, 5) is 16.7. The molecule has 4 rings (SSSR count). The summed E-state index contributed by atoms with van der Waals surface area (Å²) in [5.41, 5.74) is 6.48. The molecular formula is C26H24N2O3. The number of carbonyl (C=O) groups excluding carboxylic acids is 1. The average Bonchev–Trinajstić information content (AvgIpc) is 3.21. The number of methoxy groups -OCH3 is 1. The second kappa shape index (κ2) is 8.88. The maximum atomic E-state index is 12.5. The second-order valence-electron chi connectivity index (χ2n) is 7.43. The molecular weight excluding hydrogens is 388 g/mol. The van der Waals surface area contributed by atoms with E-state index in [2.05, 4.69) is 41.5 Å². The van der Waals surface area contributed by atoms with Gasteiger partial charge in [0, 0.05) is 34.9 Å². The lowest BCUT2D eigenvalue weighted by Gasteiger charge is -2.10. The van der Waals surface area contributed by atoms with E-state index in [9.17, 15) is 4.79 Å². The van der Waals surface area contributed by atoms with Gasteiger partial charge in [-0.15, -0.1) is 0 Å². The number of rotatable bonds is 6. The molecule has 0 fully saturated rings. The first-order chi connectivity index (χ1) is 15.0. The summed E-state index contributed by atoms with van der Waals surface area (Å²) in [6, 6.07) is 17.8. The van der Waals surface area contributed by atoms with Gasteiger partial charge in [0.25, 0.3) is 0 Å². The molecule has 0 aliphatic heterocycles. The Labute approximate surface area is 181 Å². The van der Waals surface area contributed by atoms with Gasteiger partial charge in [-0.25, -0.2) is 0 Å². The van der Waals surface area contributed by atoms with Crippen molar-refractivity contribution in [1.82, 2.24) is 10.3 Å². The van der Waals surface area contributed by atoms with E-state index in [1.54, 1.807) is 25.6 Å². The van der Waals surface area contributed by atoms with Crippen LogP contribution in [-0.4, -0.2) is 18.0 Å². The number of fused-ring (bicyclic) bond motifs is 1. The van der Waals surface area contributed by atoms with Crippen LogP contribution in [0.1, 0.15) is 23.7 Å². The number of nitrogens with zero attached hydrogens (tertiary/aromatic N) is 1. The van der Waals surface area contributed by atoms with Gasteiger partial charge in [0.1, 0.15) is 11.3 Å². The largest absolute Gasteiger partial charge is 0.496 e. The van der Waals surface area contributed by atoms with Gasteiger partial charge < -0.3 is 14.5 Å². The monoisotopic (exact) mass is 412 g/mol. The summed E-state index contributed by atoms with van der Waals surface area (Å²) >= 11 is 0. The van der Waals surface area contributed by atoms with Crippen molar-refractivity contribution < 1.29 is 13.9 Å². The van der Waals surface area contributed by atoms with Crippen LogP contribution in [0.15, 0.2) is 77.6 Å². The van der Waals surface area contributed by atoms with Crippen LogP contribution in [0.25, 0.3) is 27.7 Å². The zero-order valence-electron chi connectivity index (χ0n) is 17.8. The zero-order valence-corrected chi connectivity index (χ0v) is 17.8. The van der Waals surface area contributed by atoms with Crippen LogP contribution in [0.3, 0.4) is 0 Å². The third-order valence-electron chi connectivity index (χ3n) is 5.20. The standard InChI is InChI=1S/C26H24N2O3/c1-17-7-9-19(10-8-17)23-16-31-25-14-24(30-3)21(13-22(23)25)18(2)12-26(29)28-15-20-6-4-5-11-27-20/h4-14,16H,15H2,1-3H3,(H,28,29)/b18-12+. The van der Waals surface area contributed by atoms with Crippen molar-refractivity contribution in [2.45, 2.75) is 20.4 Å². The highest BCUT2D eigenvalue weighted by atomic mass is 16.5. The molecule has 0 saturated carbocycles. The van der Waals surface area contributed by atoms with Crippen molar-refractivity contribution in [3.05, 3.63) is 90.0 Å². The SMILES string of the molecule is COc1cc2occ(-c3ccc(C)cc3)c2cc1/C(C)=C/C(=O)NCc1ccccn1. The topological polar surface area (TPSA) is 64.4 Å². The number of pyridine rings is 1. The van der Waals surface area contributed by atoms with Crippen molar-refractivity contribution >= 4 is 22.4 Å². The smallest absolute Gasteiger partial charge is 0.244 e. The Morgan fingerprint density at radius 3 is 2.68 bits per heavy atom. The van der Waals surface area contributed by atoms with Gasteiger partial charge in [-0.1, -0.05) is 35.9 Å². The number of carbonyl (C=O) groups is 1. The van der Waals surface area contributed by atoms with E-state index in [1.165, 1.54) is 5.56 Å². The minimum Gasteiger partial charge on any atom is -0.496 e. The average molecular weight is 412 g/mol. The van der Waals surface area contributed by atoms with Gasteiger partial charge in [-0.2, -0.15) is 0 Å². The first kappa shape index (κ1) is 20.4. The van der Waals surface area contributed by atoms with Crippen LogP contribution in [-0.2, 0) is 11.3 Å². The highest BCUT2D eigenvalue weighted by molar-refractivity contribution is 6.00. The van der Waals surface area contributed by atoms with Crippen LogP contribution in [0.5, 0.6) is 5.75 Å². The molecule has 0 atom stereocenters. The van der Waals surface area contributed by atoms with Crippen LogP contribution in [0.4, 0.5) is 0 Å². The maximum Gasteiger partial charge on any atom is 0.244 e. The van der Waals surface area contributed by atoms with Crippen LogP contribution >= 0.6 is 0 Å². The summed E-state index contributed by atoms with van der Waals surface area (Å²) in [5, 5.41) is 3.85. The van der Waals surface area contributed by atoms with E-state index >= 15 is 0 Å². The number of nitrogens with one attached hydrogen (secondary N) is 1. The molecule has 0 bridgehead atoms. The number of allylic oxidation sites excluding steroid dienone is 1. The quantitative estimate of drug-likeness (QED) is 0.423. The van der Waals surface area contributed by atoms with E-state index in [-0.39, 0.29) is 5.91 Å². The Hall–Kier alpha value is -3.86. The molecule has 5 heteroatoms. The minimum atomic E-state index is -0.184. The lowest BCUT2D eigenvalue weighted by molar-refractivity contribution is -0.116. The fourth-order valence-corrected chi connectivity index (χ4v) is 3.49. The molecule has 0 saturated heterocycles. The zero-order chi connectivity index (χ0) is 21.8. The number of amides is 1. The predicted octanol–water partition coefficient (Wildman–Crippen LogP) is 5.53. The number of benzene rings is 2. The normalized spacial score (nSPS) is 11.5. The lowest BCUT2D eigenvalue weighted by Crippen LogP contribution is -2.21. The number of furan rings is 1. The van der Waals surface area contributed by atoms with Crippen molar-refractivity contribution in [3.8, 4) is 16.9 Å². The third-order valence-corrected chi connectivity index (χ3v) is 5.20. The first-order valence-corrected chi connectivity index (χ1v) is 10.1.